The average molecular weight is 344 g/mol. The first kappa shape index (κ1) is 14.4. The van der Waals surface area contributed by atoms with Crippen molar-refractivity contribution in [2.45, 2.75) is 12.8 Å². The van der Waals surface area contributed by atoms with Crippen molar-refractivity contribution in [1.29, 1.82) is 0 Å². The molecule has 0 saturated heterocycles. The molecule has 100 valence electrons. The maximum Gasteiger partial charge on any atom is 0.146 e. The number of rotatable bonds is 4. The van der Waals surface area contributed by atoms with E-state index in [0.29, 0.717) is 22.4 Å². The van der Waals surface area contributed by atoms with Gasteiger partial charge in [0.05, 0.1) is 9.50 Å². The standard InChI is InChI=1S/C15H13BrClFO/c1-2-11-13(8-12(18)15(17)14(11)16)19-9-10-6-4-3-5-7-10/h2,4,6-8H,1,3,5,9H2. The van der Waals surface area contributed by atoms with Gasteiger partial charge in [-0.05, 0) is 34.3 Å². The zero-order valence-corrected chi connectivity index (χ0v) is 12.6. The molecule has 1 aromatic carbocycles. The molecule has 0 fully saturated rings. The number of allylic oxidation sites excluding steroid dienone is 2. The molecule has 0 amide bonds. The van der Waals surface area contributed by atoms with Crippen LogP contribution in [-0.2, 0) is 0 Å². The Labute approximate surface area is 125 Å². The largest absolute Gasteiger partial charge is 0.488 e. The fourth-order valence-electron chi connectivity index (χ4n) is 1.83. The van der Waals surface area contributed by atoms with Crippen LogP contribution in [0.5, 0.6) is 5.75 Å². The maximum absolute atomic E-state index is 13.6. The molecule has 0 spiro atoms. The molecule has 0 aliphatic heterocycles. The summed E-state index contributed by atoms with van der Waals surface area (Å²) in [7, 11) is 0. The molecule has 1 aliphatic rings. The molecule has 4 heteroatoms. The summed E-state index contributed by atoms with van der Waals surface area (Å²) in [6.45, 7) is 4.11. The maximum atomic E-state index is 13.6. The lowest BCUT2D eigenvalue weighted by molar-refractivity contribution is 0.351. The van der Waals surface area contributed by atoms with Crippen molar-refractivity contribution in [2.24, 2.45) is 0 Å². The van der Waals surface area contributed by atoms with Gasteiger partial charge in [-0.1, -0.05) is 42.5 Å². The summed E-state index contributed by atoms with van der Waals surface area (Å²) in [5.41, 5.74) is 1.75. The SMILES string of the molecule is C=Cc1c(OCC2=CCCC=C2)cc(F)c(Cl)c1Br. The van der Waals surface area contributed by atoms with E-state index >= 15 is 0 Å². The second-order valence-electron chi connectivity index (χ2n) is 4.15. The van der Waals surface area contributed by atoms with Gasteiger partial charge in [0.15, 0.2) is 0 Å². The Morgan fingerprint density at radius 3 is 2.89 bits per heavy atom. The van der Waals surface area contributed by atoms with Gasteiger partial charge in [-0.2, -0.15) is 0 Å². The highest BCUT2D eigenvalue weighted by Gasteiger charge is 2.14. The number of hydrogen-bond donors (Lipinski definition) is 0. The molecule has 19 heavy (non-hydrogen) atoms. The molecular formula is C15H13BrClFO. The first-order valence-electron chi connectivity index (χ1n) is 5.91. The molecule has 1 aliphatic carbocycles. The lowest BCUT2D eigenvalue weighted by Gasteiger charge is -2.14. The molecular weight excluding hydrogens is 331 g/mol. The molecule has 1 aromatic rings. The lowest BCUT2D eigenvalue weighted by Crippen LogP contribution is -2.03. The molecule has 1 nitrogen and oxygen atoms in total. The zero-order chi connectivity index (χ0) is 13.8. The summed E-state index contributed by atoms with van der Waals surface area (Å²) in [5.74, 6) is -0.0778. The van der Waals surface area contributed by atoms with Crippen molar-refractivity contribution in [3.8, 4) is 5.75 Å². The van der Waals surface area contributed by atoms with E-state index in [1.54, 1.807) is 6.08 Å². The molecule has 0 heterocycles. The van der Waals surface area contributed by atoms with Crippen molar-refractivity contribution in [3.05, 3.63) is 57.3 Å². The third kappa shape index (κ3) is 3.28. The minimum Gasteiger partial charge on any atom is -0.488 e. The zero-order valence-electron chi connectivity index (χ0n) is 10.3. The average Bonchev–Trinajstić information content (AvgIpc) is 2.44. The van der Waals surface area contributed by atoms with E-state index in [1.807, 2.05) is 6.08 Å². The lowest BCUT2D eigenvalue weighted by atomic mass is 10.1. The highest BCUT2D eigenvalue weighted by molar-refractivity contribution is 9.10. The van der Waals surface area contributed by atoms with Crippen LogP contribution in [0.25, 0.3) is 6.08 Å². The minimum atomic E-state index is -0.512. The fraction of sp³-hybridized carbons (Fsp3) is 0.200. The van der Waals surface area contributed by atoms with Crippen molar-refractivity contribution < 1.29 is 9.13 Å². The Morgan fingerprint density at radius 2 is 2.26 bits per heavy atom. The third-order valence-electron chi connectivity index (χ3n) is 2.83. The summed E-state index contributed by atoms with van der Waals surface area (Å²) >= 11 is 9.09. The fourth-order valence-corrected chi connectivity index (χ4v) is 2.54. The highest BCUT2D eigenvalue weighted by atomic mass is 79.9. The van der Waals surface area contributed by atoms with Crippen LogP contribution in [-0.4, -0.2) is 6.61 Å². The minimum absolute atomic E-state index is 0.0408. The van der Waals surface area contributed by atoms with Crippen molar-refractivity contribution in [1.82, 2.24) is 0 Å². The summed E-state index contributed by atoms with van der Waals surface area (Å²) in [6, 6.07) is 1.29. The summed E-state index contributed by atoms with van der Waals surface area (Å²) in [4.78, 5) is 0. The van der Waals surface area contributed by atoms with Crippen molar-refractivity contribution in [3.63, 3.8) is 0 Å². The van der Waals surface area contributed by atoms with E-state index in [9.17, 15) is 4.39 Å². The predicted octanol–water partition coefficient (Wildman–Crippen LogP) is 5.54. The predicted molar refractivity (Wildman–Crippen MR) is 81.2 cm³/mol. The summed E-state index contributed by atoms with van der Waals surface area (Å²) in [5, 5.41) is 0.0408. The van der Waals surface area contributed by atoms with Crippen molar-refractivity contribution >= 4 is 33.6 Å². The van der Waals surface area contributed by atoms with Crippen LogP contribution in [0.15, 0.2) is 40.9 Å². The Hall–Kier alpha value is -1.06. The number of halogens is 3. The Bertz CT molecular complexity index is 564. The van der Waals surface area contributed by atoms with Crippen molar-refractivity contribution in [2.75, 3.05) is 6.61 Å². The van der Waals surface area contributed by atoms with Crippen LogP contribution >= 0.6 is 27.5 Å². The van der Waals surface area contributed by atoms with E-state index in [4.69, 9.17) is 16.3 Å². The Balaban J connectivity index is 2.22. The van der Waals surface area contributed by atoms with Gasteiger partial charge in [0, 0.05) is 11.6 Å². The molecule has 0 saturated carbocycles. The van der Waals surface area contributed by atoms with Gasteiger partial charge in [-0.3, -0.25) is 0 Å². The van der Waals surface area contributed by atoms with Crippen LogP contribution in [0.4, 0.5) is 4.39 Å². The second-order valence-corrected chi connectivity index (χ2v) is 5.32. The van der Waals surface area contributed by atoms with E-state index in [-0.39, 0.29) is 5.02 Å². The van der Waals surface area contributed by atoms with E-state index in [2.05, 4.69) is 34.7 Å². The molecule has 0 bridgehead atoms. The van der Waals surface area contributed by atoms with Gasteiger partial charge >= 0.3 is 0 Å². The van der Waals surface area contributed by atoms with E-state index in [0.717, 1.165) is 18.4 Å². The number of hydrogen-bond acceptors (Lipinski definition) is 1. The topological polar surface area (TPSA) is 9.23 Å². The summed E-state index contributed by atoms with van der Waals surface area (Å²) in [6.07, 6.45) is 9.92. The van der Waals surface area contributed by atoms with Crippen LogP contribution in [0.3, 0.4) is 0 Å². The van der Waals surface area contributed by atoms with Crippen LogP contribution in [0, 0.1) is 5.82 Å². The van der Waals surface area contributed by atoms with Gasteiger partial charge in [0.2, 0.25) is 0 Å². The molecule has 0 N–H and O–H groups in total. The van der Waals surface area contributed by atoms with Crippen LogP contribution in [0.1, 0.15) is 18.4 Å². The smallest absolute Gasteiger partial charge is 0.146 e. The van der Waals surface area contributed by atoms with E-state index in [1.165, 1.54) is 6.07 Å². The van der Waals surface area contributed by atoms with Gasteiger partial charge < -0.3 is 4.74 Å². The number of benzene rings is 1. The number of ether oxygens (including phenoxy) is 1. The van der Waals surface area contributed by atoms with E-state index < -0.39 is 5.82 Å². The normalized spacial score (nSPS) is 14.2. The Morgan fingerprint density at radius 1 is 1.47 bits per heavy atom. The quantitative estimate of drug-likeness (QED) is 0.652. The molecule has 0 aromatic heterocycles. The second kappa shape index (κ2) is 6.40. The highest BCUT2D eigenvalue weighted by Crippen LogP contribution is 2.36. The molecule has 2 rings (SSSR count). The first-order chi connectivity index (χ1) is 9.13. The third-order valence-corrected chi connectivity index (χ3v) is 4.25. The van der Waals surface area contributed by atoms with Gasteiger partial charge in [0.1, 0.15) is 18.2 Å². The van der Waals surface area contributed by atoms with Gasteiger partial charge in [-0.15, -0.1) is 0 Å². The summed E-state index contributed by atoms with van der Waals surface area (Å²) < 4.78 is 19.7. The van der Waals surface area contributed by atoms with Gasteiger partial charge in [0.25, 0.3) is 0 Å². The van der Waals surface area contributed by atoms with Crippen LogP contribution < -0.4 is 4.74 Å². The molecule has 0 atom stereocenters. The van der Waals surface area contributed by atoms with Gasteiger partial charge in [-0.25, -0.2) is 4.39 Å². The molecule has 0 unspecified atom stereocenters. The van der Waals surface area contributed by atoms with Crippen LogP contribution in [0.2, 0.25) is 5.02 Å². The molecule has 0 radical (unpaired) electrons. The monoisotopic (exact) mass is 342 g/mol. The first-order valence-corrected chi connectivity index (χ1v) is 7.09. The Kier molecular flexibility index (Phi) is 4.83.